The van der Waals surface area contributed by atoms with Crippen LogP contribution in [0.25, 0.3) is 5.57 Å². The Hall–Kier alpha value is -2.41. The summed E-state index contributed by atoms with van der Waals surface area (Å²) in [5.41, 5.74) is 1.84. The summed E-state index contributed by atoms with van der Waals surface area (Å²) in [6.07, 6.45) is 5.10. The maximum absolute atomic E-state index is 10.8. The van der Waals surface area contributed by atoms with E-state index in [9.17, 15) is 9.90 Å². The number of hydrogen-bond donors (Lipinski definition) is 2. The van der Waals surface area contributed by atoms with E-state index in [1.807, 2.05) is 12.3 Å². The van der Waals surface area contributed by atoms with E-state index in [0.29, 0.717) is 6.54 Å². The summed E-state index contributed by atoms with van der Waals surface area (Å²) in [5, 5.41) is 24.8. The molecule has 6 nitrogen and oxygen atoms in total. The van der Waals surface area contributed by atoms with Crippen molar-refractivity contribution in [1.82, 2.24) is 14.8 Å². The van der Waals surface area contributed by atoms with Crippen molar-refractivity contribution in [3.8, 4) is 0 Å². The largest absolute Gasteiger partial charge is 0.509 e. The van der Waals surface area contributed by atoms with Gasteiger partial charge in [0.25, 0.3) is 0 Å². The predicted molar refractivity (Wildman–Crippen MR) is 80.4 cm³/mol. The molecule has 0 amide bonds. The highest BCUT2D eigenvalue weighted by Crippen LogP contribution is 2.22. The molecule has 0 radical (unpaired) electrons. The van der Waals surface area contributed by atoms with Crippen LogP contribution < -0.4 is 0 Å². The van der Waals surface area contributed by atoms with E-state index in [0.717, 1.165) is 22.7 Å². The van der Waals surface area contributed by atoms with Gasteiger partial charge in [0.1, 0.15) is 10.8 Å². The molecule has 0 bridgehead atoms. The lowest BCUT2D eigenvalue weighted by Gasteiger charge is -2.00. The van der Waals surface area contributed by atoms with Gasteiger partial charge in [0.2, 0.25) is 0 Å². The van der Waals surface area contributed by atoms with Gasteiger partial charge in [-0.05, 0) is 18.1 Å². The van der Waals surface area contributed by atoms with Crippen LogP contribution in [0.4, 0.5) is 0 Å². The molecule has 7 heteroatoms. The number of carboxylic acids is 1. The average Bonchev–Trinajstić information content (AvgIpc) is 3.05. The van der Waals surface area contributed by atoms with Gasteiger partial charge in [-0.2, -0.15) is 5.10 Å². The highest BCUT2D eigenvalue weighted by Gasteiger charge is 2.09. The molecule has 0 aliphatic heterocycles. The number of aromatic carboxylic acids is 1. The first kappa shape index (κ1) is 15.0. The van der Waals surface area contributed by atoms with Crippen molar-refractivity contribution in [2.24, 2.45) is 0 Å². The SMILES string of the molecule is C=C(O)/C=C(\CC)c1csc(Cn2cc(C(=O)O)cn2)n1. The molecule has 0 spiro atoms. The van der Waals surface area contributed by atoms with E-state index in [2.05, 4.69) is 16.7 Å². The number of aliphatic hydroxyl groups excluding tert-OH is 1. The zero-order chi connectivity index (χ0) is 15.4. The normalized spacial score (nSPS) is 11.6. The first-order chi connectivity index (χ1) is 9.99. The Labute approximate surface area is 125 Å². The van der Waals surface area contributed by atoms with E-state index < -0.39 is 5.97 Å². The molecule has 0 aliphatic carbocycles. The number of rotatable bonds is 6. The van der Waals surface area contributed by atoms with E-state index in [1.165, 1.54) is 28.4 Å². The van der Waals surface area contributed by atoms with Gasteiger partial charge in [-0.15, -0.1) is 11.3 Å². The summed E-state index contributed by atoms with van der Waals surface area (Å²) in [5.74, 6) is -1.00. The molecule has 21 heavy (non-hydrogen) atoms. The van der Waals surface area contributed by atoms with Gasteiger partial charge in [0.05, 0.1) is 24.0 Å². The van der Waals surface area contributed by atoms with Gasteiger partial charge in [-0.3, -0.25) is 4.68 Å². The first-order valence-electron chi connectivity index (χ1n) is 6.28. The summed E-state index contributed by atoms with van der Waals surface area (Å²) in [7, 11) is 0. The minimum atomic E-state index is -1.00. The maximum atomic E-state index is 10.8. The van der Waals surface area contributed by atoms with Gasteiger partial charge >= 0.3 is 5.97 Å². The summed E-state index contributed by atoms with van der Waals surface area (Å²) in [4.78, 5) is 15.3. The first-order valence-corrected chi connectivity index (χ1v) is 7.16. The number of aromatic nitrogens is 3. The van der Waals surface area contributed by atoms with Crippen molar-refractivity contribution in [2.75, 3.05) is 0 Å². The number of nitrogens with zero attached hydrogens (tertiary/aromatic N) is 3. The van der Waals surface area contributed by atoms with Gasteiger partial charge in [-0.25, -0.2) is 9.78 Å². The van der Waals surface area contributed by atoms with Gasteiger partial charge in [-0.1, -0.05) is 13.5 Å². The average molecular weight is 305 g/mol. The molecular weight excluding hydrogens is 290 g/mol. The summed E-state index contributed by atoms with van der Waals surface area (Å²) < 4.78 is 1.53. The van der Waals surface area contributed by atoms with Crippen molar-refractivity contribution in [3.63, 3.8) is 0 Å². The second kappa shape index (κ2) is 6.36. The number of thiazole rings is 1. The molecule has 2 heterocycles. The number of allylic oxidation sites excluding steroid dienone is 2. The van der Waals surface area contributed by atoms with Gasteiger partial charge in [0, 0.05) is 11.6 Å². The lowest BCUT2D eigenvalue weighted by atomic mass is 10.1. The number of carbonyl (C=O) groups is 1. The Morgan fingerprint density at radius 3 is 2.86 bits per heavy atom. The Morgan fingerprint density at radius 2 is 2.29 bits per heavy atom. The van der Waals surface area contributed by atoms with E-state index in [4.69, 9.17) is 5.11 Å². The molecule has 2 aromatic heterocycles. The summed E-state index contributed by atoms with van der Waals surface area (Å²) in [6.45, 7) is 5.83. The molecule has 0 aliphatic rings. The molecule has 110 valence electrons. The van der Waals surface area contributed by atoms with Crippen molar-refractivity contribution in [2.45, 2.75) is 19.9 Å². The Kier molecular flexibility index (Phi) is 4.54. The Morgan fingerprint density at radius 1 is 1.52 bits per heavy atom. The minimum Gasteiger partial charge on any atom is -0.509 e. The molecule has 0 unspecified atom stereocenters. The monoisotopic (exact) mass is 305 g/mol. The molecule has 2 N–H and O–H groups in total. The highest BCUT2D eigenvalue weighted by atomic mass is 32.1. The van der Waals surface area contributed by atoms with Crippen LogP contribution in [0, 0.1) is 0 Å². The van der Waals surface area contributed by atoms with Crippen molar-refractivity contribution in [3.05, 3.63) is 52.5 Å². The van der Waals surface area contributed by atoms with Gasteiger partial charge in [0.15, 0.2) is 0 Å². The van der Waals surface area contributed by atoms with Crippen LogP contribution in [0.15, 0.2) is 36.2 Å². The van der Waals surface area contributed by atoms with Crippen molar-refractivity contribution >= 4 is 22.9 Å². The molecule has 0 fully saturated rings. The molecule has 0 saturated heterocycles. The molecule has 0 aromatic carbocycles. The third-order valence-electron chi connectivity index (χ3n) is 2.78. The maximum Gasteiger partial charge on any atom is 0.338 e. The van der Waals surface area contributed by atoms with Crippen LogP contribution in [0.5, 0.6) is 0 Å². The van der Waals surface area contributed by atoms with Crippen LogP contribution in [0.3, 0.4) is 0 Å². The fraction of sp³-hybridized carbons (Fsp3) is 0.214. The molecule has 0 saturated carbocycles. The third kappa shape index (κ3) is 3.79. The number of hydrogen-bond acceptors (Lipinski definition) is 5. The second-order valence-corrected chi connectivity index (χ2v) is 5.32. The number of aliphatic hydroxyl groups is 1. The van der Waals surface area contributed by atoms with Crippen LogP contribution in [0.1, 0.15) is 34.4 Å². The van der Waals surface area contributed by atoms with E-state index >= 15 is 0 Å². The minimum absolute atomic E-state index is 0.000392. The Bertz CT molecular complexity index is 700. The molecular formula is C14H15N3O3S. The lowest BCUT2D eigenvalue weighted by molar-refractivity contribution is 0.0697. The van der Waals surface area contributed by atoms with Crippen molar-refractivity contribution in [1.29, 1.82) is 0 Å². The highest BCUT2D eigenvalue weighted by molar-refractivity contribution is 7.09. The van der Waals surface area contributed by atoms with Crippen LogP contribution in [-0.4, -0.2) is 30.9 Å². The second-order valence-electron chi connectivity index (χ2n) is 4.37. The van der Waals surface area contributed by atoms with Crippen LogP contribution in [-0.2, 0) is 6.54 Å². The van der Waals surface area contributed by atoms with E-state index in [-0.39, 0.29) is 11.3 Å². The quantitative estimate of drug-likeness (QED) is 0.633. The molecule has 2 aromatic rings. The number of carboxylic acid groups (broad SMARTS) is 1. The van der Waals surface area contributed by atoms with Gasteiger partial charge < -0.3 is 10.2 Å². The fourth-order valence-electron chi connectivity index (χ4n) is 1.79. The third-order valence-corrected chi connectivity index (χ3v) is 3.61. The standard InChI is InChI=1S/C14H15N3O3S/c1-3-10(4-9(2)18)12-8-21-13(16-12)7-17-6-11(5-15-17)14(19)20/h4-6,8,18H,2-3,7H2,1H3,(H,19,20)/b10-4+. The Balaban J connectivity index is 2.15. The van der Waals surface area contributed by atoms with Crippen LogP contribution in [0.2, 0.25) is 0 Å². The van der Waals surface area contributed by atoms with Crippen LogP contribution >= 0.6 is 11.3 Å². The zero-order valence-corrected chi connectivity index (χ0v) is 12.3. The summed E-state index contributed by atoms with van der Waals surface area (Å²) in [6, 6.07) is 0. The van der Waals surface area contributed by atoms with Crippen molar-refractivity contribution < 1.29 is 15.0 Å². The summed E-state index contributed by atoms with van der Waals surface area (Å²) >= 11 is 1.46. The fourth-order valence-corrected chi connectivity index (χ4v) is 2.60. The molecule has 0 atom stereocenters. The molecule has 2 rings (SSSR count). The predicted octanol–water partition coefficient (Wildman–Crippen LogP) is 2.95. The topological polar surface area (TPSA) is 88.2 Å². The van der Waals surface area contributed by atoms with E-state index in [1.54, 1.807) is 6.08 Å². The smallest absolute Gasteiger partial charge is 0.338 e. The zero-order valence-electron chi connectivity index (χ0n) is 11.5. The lowest BCUT2D eigenvalue weighted by Crippen LogP contribution is -2.00.